The molecule has 0 saturated carbocycles. The zero-order chi connectivity index (χ0) is 15.4. The highest BCUT2D eigenvalue weighted by Gasteiger charge is 2.18. The molecule has 21 heavy (non-hydrogen) atoms. The molecule has 2 aromatic rings. The molecular formula is C17H26N4. The lowest BCUT2D eigenvalue weighted by atomic mass is 10.1. The van der Waals surface area contributed by atoms with E-state index in [1.54, 1.807) is 0 Å². The van der Waals surface area contributed by atoms with Crippen molar-refractivity contribution in [3.8, 4) is 0 Å². The Hall–Kier alpha value is -1.97. The molecule has 2 N–H and O–H groups in total. The maximum absolute atomic E-state index is 6.26. The normalized spacial score (nSPS) is 11.1. The molecule has 0 aliphatic heterocycles. The van der Waals surface area contributed by atoms with E-state index in [2.05, 4.69) is 61.2 Å². The van der Waals surface area contributed by atoms with Gasteiger partial charge in [-0.1, -0.05) is 44.2 Å². The minimum Gasteiger partial charge on any atom is -0.394 e. The van der Waals surface area contributed by atoms with Gasteiger partial charge in [0.05, 0.1) is 11.4 Å². The molecule has 0 spiro atoms. The Balaban J connectivity index is 1.99. The smallest absolute Gasteiger partial charge is 0.150 e. The van der Waals surface area contributed by atoms with Crippen LogP contribution in [-0.4, -0.2) is 23.4 Å². The molecular weight excluding hydrogens is 260 g/mol. The van der Waals surface area contributed by atoms with Gasteiger partial charge in [-0.2, -0.15) is 5.10 Å². The second-order valence-electron chi connectivity index (χ2n) is 5.91. The molecule has 1 aromatic heterocycles. The van der Waals surface area contributed by atoms with Gasteiger partial charge in [0.1, 0.15) is 5.82 Å². The summed E-state index contributed by atoms with van der Waals surface area (Å²) in [7, 11) is 4.05. The van der Waals surface area contributed by atoms with Crippen LogP contribution in [-0.2, 0) is 13.5 Å². The minimum absolute atomic E-state index is 0.350. The molecule has 4 nitrogen and oxygen atoms in total. The number of rotatable bonds is 6. The van der Waals surface area contributed by atoms with Crippen molar-refractivity contribution in [3.05, 3.63) is 41.6 Å². The molecule has 0 saturated heterocycles. The van der Waals surface area contributed by atoms with Gasteiger partial charge in [0.2, 0.25) is 0 Å². The van der Waals surface area contributed by atoms with Crippen LogP contribution in [0.5, 0.6) is 0 Å². The first kappa shape index (κ1) is 15.4. The van der Waals surface area contributed by atoms with Gasteiger partial charge in [-0.15, -0.1) is 0 Å². The predicted molar refractivity (Wildman–Crippen MR) is 89.7 cm³/mol. The third-order valence-corrected chi connectivity index (χ3v) is 3.79. The van der Waals surface area contributed by atoms with E-state index in [-0.39, 0.29) is 0 Å². The number of nitrogens with zero attached hydrogens (tertiary/aromatic N) is 3. The zero-order valence-corrected chi connectivity index (χ0v) is 13.5. The van der Waals surface area contributed by atoms with E-state index < -0.39 is 0 Å². The number of hydrogen-bond donors (Lipinski definition) is 1. The maximum Gasteiger partial charge on any atom is 0.150 e. The minimum atomic E-state index is 0.350. The van der Waals surface area contributed by atoms with Crippen molar-refractivity contribution in [1.29, 1.82) is 0 Å². The lowest BCUT2D eigenvalue weighted by Gasteiger charge is -2.20. The van der Waals surface area contributed by atoms with E-state index in [4.69, 9.17) is 5.73 Å². The van der Waals surface area contributed by atoms with Crippen molar-refractivity contribution in [2.75, 3.05) is 24.2 Å². The second kappa shape index (κ2) is 6.66. The number of aromatic nitrogens is 2. The van der Waals surface area contributed by atoms with Gasteiger partial charge in [-0.05, 0) is 24.3 Å². The summed E-state index contributed by atoms with van der Waals surface area (Å²) in [6.45, 7) is 5.21. The highest BCUT2D eigenvalue weighted by Crippen LogP contribution is 2.30. The van der Waals surface area contributed by atoms with Gasteiger partial charge >= 0.3 is 0 Å². The molecule has 1 aromatic carbocycles. The molecule has 0 aliphatic carbocycles. The van der Waals surface area contributed by atoms with E-state index in [1.165, 1.54) is 5.56 Å². The first-order valence-corrected chi connectivity index (χ1v) is 7.58. The summed E-state index contributed by atoms with van der Waals surface area (Å²) in [6, 6.07) is 10.6. The Labute approximate surface area is 127 Å². The monoisotopic (exact) mass is 286 g/mol. The van der Waals surface area contributed by atoms with E-state index in [9.17, 15) is 0 Å². The van der Waals surface area contributed by atoms with Gasteiger partial charge in [0.15, 0.2) is 0 Å². The van der Waals surface area contributed by atoms with Crippen molar-refractivity contribution in [1.82, 2.24) is 9.78 Å². The number of aryl methyl sites for hydroxylation is 2. The number of benzene rings is 1. The fourth-order valence-corrected chi connectivity index (χ4v) is 2.70. The van der Waals surface area contributed by atoms with Crippen molar-refractivity contribution in [2.45, 2.75) is 32.6 Å². The van der Waals surface area contributed by atoms with Gasteiger partial charge in [-0.25, -0.2) is 0 Å². The average molecular weight is 286 g/mol. The summed E-state index contributed by atoms with van der Waals surface area (Å²) in [5.41, 5.74) is 9.45. The molecule has 0 unspecified atom stereocenters. The molecule has 0 bridgehead atoms. The molecule has 0 fully saturated rings. The summed E-state index contributed by atoms with van der Waals surface area (Å²) in [4.78, 5) is 2.21. The molecule has 0 radical (unpaired) electrons. The first-order chi connectivity index (χ1) is 10.0. The number of hydrogen-bond acceptors (Lipinski definition) is 3. The standard InChI is InChI=1S/C17H26N4/c1-13(2)16-15(18)17(21(4)19-16)20(3)12-8-11-14-9-6-5-7-10-14/h5-7,9-10,13H,8,11-12,18H2,1-4H3. The summed E-state index contributed by atoms with van der Waals surface area (Å²) in [5.74, 6) is 1.37. The van der Waals surface area contributed by atoms with Crippen LogP contribution in [0.25, 0.3) is 0 Å². The topological polar surface area (TPSA) is 47.1 Å². The summed E-state index contributed by atoms with van der Waals surface area (Å²) in [6.07, 6.45) is 2.18. The fraction of sp³-hybridized carbons (Fsp3) is 0.471. The van der Waals surface area contributed by atoms with Crippen LogP contribution in [0.3, 0.4) is 0 Å². The number of anilines is 2. The first-order valence-electron chi connectivity index (χ1n) is 7.58. The van der Waals surface area contributed by atoms with Crippen LogP contribution >= 0.6 is 0 Å². The Morgan fingerprint density at radius 3 is 2.48 bits per heavy atom. The lowest BCUT2D eigenvalue weighted by molar-refractivity contribution is 0.689. The van der Waals surface area contributed by atoms with Gasteiger partial charge < -0.3 is 10.6 Å². The number of nitrogens with two attached hydrogens (primary N) is 1. The Morgan fingerprint density at radius 2 is 1.90 bits per heavy atom. The average Bonchev–Trinajstić information content (AvgIpc) is 2.75. The van der Waals surface area contributed by atoms with Gasteiger partial charge in [-0.3, -0.25) is 4.68 Å². The van der Waals surface area contributed by atoms with Crippen LogP contribution in [0.2, 0.25) is 0 Å². The molecule has 0 aliphatic rings. The van der Waals surface area contributed by atoms with Crippen LogP contribution in [0.1, 0.15) is 37.4 Å². The third-order valence-electron chi connectivity index (χ3n) is 3.79. The van der Waals surface area contributed by atoms with Crippen LogP contribution in [0.4, 0.5) is 11.5 Å². The quantitative estimate of drug-likeness (QED) is 0.887. The Bertz CT molecular complexity index is 572. The Morgan fingerprint density at radius 1 is 1.24 bits per heavy atom. The molecule has 2 rings (SSSR count). The summed E-state index contributed by atoms with van der Waals surface area (Å²) < 4.78 is 1.90. The molecule has 0 amide bonds. The largest absolute Gasteiger partial charge is 0.394 e. The summed E-state index contributed by atoms with van der Waals surface area (Å²) in [5, 5.41) is 4.55. The van der Waals surface area contributed by atoms with Gasteiger partial charge in [0, 0.05) is 20.6 Å². The molecule has 0 atom stereocenters. The lowest BCUT2D eigenvalue weighted by Crippen LogP contribution is -2.22. The third kappa shape index (κ3) is 3.57. The van der Waals surface area contributed by atoms with E-state index in [0.29, 0.717) is 5.92 Å². The van der Waals surface area contributed by atoms with Crippen LogP contribution in [0, 0.1) is 0 Å². The molecule has 1 heterocycles. The van der Waals surface area contributed by atoms with Crippen LogP contribution in [0.15, 0.2) is 30.3 Å². The zero-order valence-electron chi connectivity index (χ0n) is 13.5. The highest BCUT2D eigenvalue weighted by molar-refractivity contribution is 5.66. The van der Waals surface area contributed by atoms with E-state index in [1.807, 2.05) is 11.7 Å². The van der Waals surface area contributed by atoms with Crippen molar-refractivity contribution < 1.29 is 0 Å². The van der Waals surface area contributed by atoms with Crippen molar-refractivity contribution >= 4 is 11.5 Å². The van der Waals surface area contributed by atoms with E-state index in [0.717, 1.165) is 36.6 Å². The number of nitrogen functional groups attached to an aromatic ring is 1. The SMILES string of the molecule is CC(C)c1nn(C)c(N(C)CCCc2ccccc2)c1N. The fourth-order valence-electron chi connectivity index (χ4n) is 2.70. The predicted octanol–water partition coefficient (Wildman–Crippen LogP) is 3.19. The summed E-state index contributed by atoms with van der Waals surface area (Å²) >= 11 is 0. The van der Waals surface area contributed by atoms with E-state index >= 15 is 0 Å². The van der Waals surface area contributed by atoms with Crippen LogP contribution < -0.4 is 10.6 Å². The maximum atomic E-state index is 6.26. The van der Waals surface area contributed by atoms with Crippen molar-refractivity contribution in [2.24, 2.45) is 7.05 Å². The highest BCUT2D eigenvalue weighted by atomic mass is 15.4. The second-order valence-corrected chi connectivity index (χ2v) is 5.91. The Kier molecular flexibility index (Phi) is 4.89. The van der Waals surface area contributed by atoms with Crippen molar-refractivity contribution in [3.63, 3.8) is 0 Å². The molecule has 114 valence electrons. The molecule has 4 heteroatoms. The van der Waals surface area contributed by atoms with Gasteiger partial charge in [0.25, 0.3) is 0 Å².